The summed E-state index contributed by atoms with van der Waals surface area (Å²) in [6, 6.07) is 15.3. The predicted octanol–water partition coefficient (Wildman–Crippen LogP) is 4.00. The van der Waals surface area contributed by atoms with Crippen LogP contribution in [0.4, 0.5) is 0 Å². The van der Waals surface area contributed by atoms with Crippen LogP contribution in [0.1, 0.15) is 31.0 Å². The number of nitrogens with zero attached hydrogens (tertiary/aromatic N) is 1. The molecule has 146 valence electrons. The molecule has 2 aromatic rings. The lowest BCUT2D eigenvalue weighted by molar-refractivity contribution is -0.114. The van der Waals surface area contributed by atoms with Crippen molar-refractivity contribution in [1.29, 1.82) is 0 Å². The first-order valence-electron chi connectivity index (χ1n) is 9.03. The minimum absolute atomic E-state index is 0.00715. The first-order valence-corrected chi connectivity index (χ1v) is 9.43. The molecule has 0 unspecified atom stereocenters. The van der Waals surface area contributed by atoms with Gasteiger partial charge >= 0.3 is 0 Å². The van der Waals surface area contributed by atoms with Gasteiger partial charge in [0.25, 0.3) is 0 Å². The third kappa shape index (κ3) is 4.02. The Bertz CT molecular complexity index is 925. The van der Waals surface area contributed by atoms with Crippen molar-refractivity contribution in [3.05, 3.63) is 70.9 Å². The van der Waals surface area contributed by atoms with Crippen LogP contribution in [-0.2, 0) is 11.4 Å². The zero-order valence-electron chi connectivity index (χ0n) is 16.5. The van der Waals surface area contributed by atoms with E-state index in [4.69, 9.17) is 21.7 Å². The molecule has 0 radical (unpaired) electrons. The highest BCUT2D eigenvalue weighted by Crippen LogP contribution is 2.36. The van der Waals surface area contributed by atoms with Crippen LogP contribution >= 0.6 is 12.2 Å². The van der Waals surface area contributed by atoms with Crippen molar-refractivity contribution in [3.8, 4) is 11.5 Å². The van der Waals surface area contributed by atoms with Crippen molar-refractivity contribution in [2.75, 3.05) is 14.2 Å². The summed E-state index contributed by atoms with van der Waals surface area (Å²) in [6.45, 7) is 3.93. The number of allylic oxidation sites excluding steroid dienone is 1. The molecule has 0 saturated heterocycles. The largest absolute Gasteiger partial charge is 0.493 e. The average Bonchev–Trinajstić information content (AvgIpc) is 2.70. The quantitative estimate of drug-likeness (QED) is 0.745. The fourth-order valence-electron chi connectivity index (χ4n) is 3.26. The van der Waals surface area contributed by atoms with Crippen molar-refractivity contribution in [2.24, 2.45) is 0 Å². The normalized spacial score (nSPS) is 16.6. The number of rotatable bonds is 6. The standard InChI is InChI=1S/C22H24N2O3S/c1-14-20(15(2)25)21(23-22(28)24(14)3)17-10-11-18(19(12-17)26-4)27-13-16-8-6-5-7-9-16/h5-12,21H,13H2,1-4H3,(H,23,28)/t21-/m0/s1. The minimum atomic E-state index is -0.321. The van der Waals surface area contributed by atoms with Crippen molar-refractivity contribution in [1.82, 2.24) is 10.2 Å². The van der Waals surface area contributed by atoms with Crippen LogP contribution in [0.5, 0.6) is 11.5 Å². The van der Waals surface area contributed by atoms with E-state index in [1.54, 1.807) is 14.0 Å². The van der Waals surface area contributed by atoms with Crippen LogP contribution in [0.25, 0.3) is 0 Å². The second kappa shape index (κ2) is 8.44. The van der Waals surface area contributed by atoms with Crippen LogP contribution in [0.3, 0.4) is 0 Å². The van der Waals surface area contributed by atoms with Gasteiger partial charge in [-0.05, 0) is 49.3 Å². The maximum absolute atomic E-state index is 12.3. The summed E-state index contributed by atoms with van der Waals surface area (Å²) in [5.74, 6) is 1.27. The van der Waals surface area contributed by atoms with Gasteiger partial charge in [-0.2, -0.15) is 0 Å². The van der Waals surface area contributed by atoms with Crippen LogP contribution in [-0.4, -0.2) is 30.0 Å². The lowest BCUT2D eigenvalue weighted by Crippen LogP contribution is -2.45. The smallest absolute Gasteiger partial charge is 0.173 e. The second-order valence-electron chi connectivity index (χ2n) is 6.68. The summed E-state index contributed by atoms with van der Waals surface area (Å²) >= 11 is 5.42. The molecule has 0 bridgehead atoms. The zero-order valence-corrected chi connectivity index (χ0v) is 17.3. The van der Waals surface area contributed by atoms with E-state index in [9.17, 15) is 4.79 Å². The van der Waals surface area contributed by atoms with Gasteiger partial charge in [0.15, 0.2) is 22.4 Å². The van der Waals surface area contributed by atoms with Gasteiger partial charge in [0.05, 0.1) is 13.2 Å². The van der Waals surface area contributed by atoms with Crippen LogP contribution in [0, 0.1) is 0 Å². The van der Waals surface area contributed by atoms with Gasteiger partial charge in [-0.15, -0.1) is 0 Å². The van der Waals surface area contributed by atoms with Crippen molar-refractivity contribution < 1.29 is 14.3 Å². The third-order valence-corrected chi connectivity index (χ3v) is 5.28. The van der Waals surface area contributed by atoms with E-state index >= 15 is 0 Å². The Kier molecular flexibility index (Phi) is 5.99. The molecule has 1 aliphatic rings. The lowest BCUT2D eigenvalue weighted by Gasteiger charge is -2.35. The highest BCUT2D eigenvalue weighted by atomic mass is 32.1. The van der Waals surface area contributed by atoms with Gasteiger partial charge < -0.3 is 19.7 Å². The fourth-order valence-corrected chi connectivity index (χ4v) is 3.52. The maximum atomic E-state index is 12.3. The van der Waals surface area contributed by atoms with Gasteiger partial charge in [0.2, 0.25) is 0 Å². The highest BCUT2D eigenvalue weighted by Gasteiger charge is 2.31. The highest BCUT2D eigenvalue weighted by molar-refractivity contribution is 7.80. The summed E-state index contributed by atoms with van der Waals surface area (Å²) in [5, 5.41) is 3.83. The molecule has 3 rings (SSSR count). The first kappa shape index (κ1) is 19.9. The number of nitrogens with one attached hydrogen (secondary N) is 1. The molecule has 1 heterocycles. The molecule has 0 aromatic heterocycles. The molecule has 1 atom stereocenters. The SMILES string of the molecule is COc1cc([C@@H]2NC(=S)N(C)C(C)=C2C(C)=O)ccc1OCc1ccccc1. The Morgan fingerprint density at radius 2 is 1.89 bits per heavy atom. The Balaban J connectivity index is 1.90. The van der Waals surface area contributed by atoms with Gasteiger partial charge in [-0.1, -0.05) is 36.4 Å². The van der Waals surface area contributed by atoms with Gasteiger partial charge in [0, 0.05) is 18.3 Å². The zero-order chi connectivity index (χ0) is 20.3. The predicted molar refractivity (Wildman–Crippen MR) is 113 cm³/mol. The van der Waals surface area contributed by atoms with Gasteiger partial charge in [-0.3, -0.25) is 4.79 Å². The molecular formula is C22H24N2O3S. The first-order chi connectivity index (χ1) is 13.4. The van der Waals surface area contributed by atoms with E-state index in [1.165, 1.54) is 0 Å². The number of ketones is 1. The molecule has 0 saturated carbocycles. The number of carbonyl (C=O) groups excluding carboxylic acids is 1. The van der Waals surface area contributed by atoms with E-state index in [-0.39, 0.29) is 11.8 Å². The summed E-state index contributed by atoms with van der Waals surface area (Å²) in [6.07, 6.45) is 0. The monoisotopic (exact) mass is 396 g/mol. The Morgan fingerprint density at radius 1 is 1.18 bits per heavy atom. The number of thiocarbonyl (C=S) groups is 1. The molecule has 0 amide bonds. The number of carbonyl (C=O) groups is 1. The molecule has 5 nitrogen and oxygen atoms in total. The van der Waals surface area contributed by atoms with Crippen molar-refractivity contribution >= 4 is 23.1 Å². The summed E-state index contributed by atoms with van der Waals surface area (Å²) in [7, 11) is 3.46. The van der Waals surface area contributed by atoms with Gasteiger partial charge in [0.1, 0.15) is 6.61 Å². The topological polar surface area (TPSA) is 50.8 Å². The molecule has 0 aliphatic carbocycles. The molecule has 6 heteroatoms. The molecular weight excluding hydrogens is 372 g/mol. The van der Waals surface area contributed by atoms with Crippen LogP contribution < -0.4 is 14.8 Å². The Labute approximate surface area is 170 Å². The van der Waals surface area contributed by atoms with E-state index in [0.29, 0.717) is 28.8 Å². The van der Waals surface area contributed by atoms with E-state index in [2.05, 4.69) is 5.32 Å². The number of methoxy groups -OCH3 is 1. The molecule has 1 N–H and O–H groups in total. The number of hydrogen-bond donors (Lipinski definition) is 1. The Hall–Kier alpha value is -2.86. The number of benzene rings is 2. The van der Waals surface area contributed by atoms with Crippen molar-refractivity contribution in [3.63, 3.8) is 0 Å². The van der Waals surface area contributed by atoms with Gasteiger partial charge in [-0.25, -0.2) is 0 Å². The Morgan fingerprint density at radius 3 is 2.54 bits per heavy atom. The lowest BCUT2D eigenvalue weighted by atomic mass is 9.92. The fraction of sp³-hybridized carbons (Fsp3) is 0.273. The number of ether oxygens (including phenoxy) is 2. The van der Waals surface area contributed by atoms with E-state index < -0.39 is 0 Å². The molecule has 28 heavy (non-hydrogen) atoms. The molecule has 0 fully saturated rings. The maximum Gasteiger partial charge on any atom is 0.173 e. The second-order valence-corrected chi connectivity index (χ2v) is 7.07. The summed E-state index contributed by atoms with van der Waals surface area (Å²) in [5.41, 5.74) is 3.51. The van der Waals surface area contributed by atoms with Crippen LogP contribution in [0.15, 0.2) is 59.8 Å². The molecule has 0 spiro atoms. The van der Waals surface area contributed by atoms with Crippen molar-refractivity contribution in [2.45, 2.75) is 26.5 Å². The molecule has 2 aromatic carbocycles. The number of hydrogen-bond acceptors (Lipinski definition) is 4. The summed E-state index contributed by atoms with van der Waals surface area (Å²) < 4.78 is 11.5. The summed E-state index contributed by atoms with van der Waals surface area (Å²) in [4.78, 5) is 14.1. The average molecular weight is 397 g/mol. The van der Waals surface area contributed by atoms with Crippen LogP contribution in [0.2, 0.25) is 0 Å². The van der Waals surface area contributed by atoms with E-state index in [1.807, 2.05) is 67.4 Å². The minimum Gasteiger partial charge on any atom is -0.493 e. The molecule has 1 aliphatic heterocycles. The number of Topliss-reactive ketones (excluding diaryl/α,β-unsaturated/α-hetero) is 1. The third-order valence-electron chi connectivity index (χ3n) is 4.89. The van der Waals surface area contributed by atoms with E-state index in [0.717, 1.165) is 16.8 Å².